The highest BCUT2D eigenvalue weighted by atomic mass is 32.1. The first-order valence-corrected chi connectivity index (χ1v) is 6.57. The predicted octanol–water partition coefficient (Wildman–Crippen LogP) is 1.37. The van der Waals surface area contributed by atoms with E-state index in [2.05, 4.69) is 4.98 Å². The molecule has 7 nitrogen and oxygen atoms in total. The summed E-state index contributed by atoms with van der Waals surface area (Å²) in [7, 11) is 0. The van der Waals surface area contributed by atoms with Crippen LogP contribution in [0.1, 0.15) is 5.69 Å². The van der Waals surface area contributed by atoms with Gasteiger partial charge in [0.05, 0.1) is 25.0 Å². The molecule has 0 saturated heterocycles. The van der Waals surface area contributed by atoms with Gasteiger partial charge in [0.1, 0.15) is 0 Å². The van der Waals surface area contributed by atoms with Crippen LogP contribution in [0.5, 0.6) is 0 Å². The van der Waals surface area contributed by atoms with Crippen LogP contribution in [-0.4, -0.2) is 45.1 Å². The molecule has 8 heteroatoms. The normalized spacial score (nSPS) is 10.8. The van der Waals surface area contributed by atoms with Crippen molar-refractivity contribution in [3.8, 4) is 10.8 Å². The molecule has 0 fully saturated rings. The number of hydrogen-bond donors (Lipinski definition) is 2. The van der Waals surface area contributed by atoms with Gasteiger partial charge < -0.3 is 14.6 Å². The van der Waals surface area contributed by atoms with Crippen molar-refractivity contribution in [3.63, 3.8) is 0 Å². The van der Waals surface area contributed by atoms with Crippen molar-refractivity contribution >= 4 is 23.3 Å². The van der Waals surface area contributed by atoms with Crippen molar-refractivity contribution in [2.24, 2.45) is 0 Å². The average molecular weight is 296 g/mol. The molecule has 0 radical (unpaired) electrons. The van der Waals surface area contributed by atoms with E-state index in [4.69, 9.17) is 14.6 Å². The molecule has 0 aliphatic carbocycles. The van der Waals surface area contributed by atoms with E-state index in [-0.39, 0.29) is 19.6 Å². The minimum Gasteiger partial charge on any atom is -0.480 e. The molecule has 2 aromatic rings. The number of carboxylic acids is 2. The van der Waals surface area contributed by atoms with Crippen molar-refractivity contribution in [3.05, 3.63) is 29.5 Å². The lowest BCUT2D eigenvalue weighted by Gasteiger charge is -2.16. The van der Waals surface area contributed by atoms with E-state index in [1.54, 1.807) is 17.5 Å². The summed E-state index contributed by atoms with van der Waals surface area (Å²) in [6.07, 6.45) is 1.54. The van der Waals surface area contributed by atoms with E-state index in [0.717, 1.165) is 0 Å². The zero-order valence-corrected chi connectivity index (χ0v) is 11.2. The summed E-state index contributed by atoms with van der Waals surface area (Å²) in [5.74, 6) is -1.52. The first kappa shape index (κ1) is 14.2. The lowest BCUT2D eigenvalue weighted by molar-refractivity contribution is -0.142. The summed E-state index contributed by atoms with van der Waals surface area (Å²) >= 11 is 1.36. The number of furan rings is 1. The summed E-state index contributed by atoms with van der Waals surface area (Å²) in [5.41, 5.74) is 0.615. The summed E-state index contributed by atoms with van der Waals surface area (Å²) in [6, 6.07) is 3.52. The maximum absolute atomic E-state index is 10.7. The lowest BCUT2D eigenvalue weighted by atomic mass is 10.4. The number of rotatable bonds is 7. The maximum atomic E-state index is 10.7. The molecule has 0 spiro atoms. The van der Waals surface area contributed by atoms with Gasteiger partial charge in [-0.05, 0) is 12.1 Å². The first-order chi connectivity index (χ1) is 9.54. The first-order valence-electron chi connectivity index (χ1n) is 5.69. The third-order valence-corrected chi connectivity index (χ3v) is 3.29. The number of thiazole rings is 1. The Kier molecular flexibility index (Phi) is 4.49. The van der Waals surface area contributed by atoms with Crippen LogP contribution < -0.4 is 0 Å². The Morgan fingerprint density at radius 2 is 2.00 bits per heavy atom. The van der Waals surface area contributed by atoms with Crippen molar-refractivity contribution in [1.82, 2.24) is 9.88 Å². The van der Waals surface area contributed by atoms with Crippen LogP contribution in [0, 0.1) is 0 Å². The minimum atomic E-state index is -1.08. The number of carboxylic acid groups (broad SMARTS) is 2. The molecule has 2 rings (SSSR count). The fraction of sp³-hybridized carbons (Fsp3) is 0.250. The third kappa shape index (κ3) is 3.90. The second-order valence-corrected chi connectivity index (χ2v) is 4.91. The zero-order chi connectivity index (χ0) is 14.5. The van der Waals surface area contributed by atoms with Gasteiger partial charge in [-0.25, -0.2) is 4.98 Å². The van der Waals surface area contributed by atoms with Crippen molar-refractivity contribution in [2.75, 3.05) is 13.1 Å². The van der Waals surface area contributed by atoms with E-state index in [1.165, 1.54) is 22.5 Å². The third-order valence-electron chi connectivity index (χ3n) is 2.39. The van der Waals surface area contributed by atoms with E-state index in [1.807, 2.05) is 0 Å². The topological polar surface area (TPSA) is 104 Å². The fourth-order valence-electron chi connectivity index (χ4n) is 1.67. The van der Waals surface area contributed by atoms with Gasteiger partial charge in [0.2, 0.25) is 0 Å². The van der Waals surface area contributed by atoms with Gasteiger partial charge >= 0.3 is 11.9 Å². The molecule has 106 valence electrons. The number of nitrogens with zero attached hydrogens (tertiary/aromatic N) is 2. The molecule has 0 unspecified atom stereocenters. The molecular weight excluding hydrogens is 284 g/mol. The molecule has 0 atom stereocenters. The van der Waals surface area contributed by atoms with Gasteiger partial charge in [-0.15, -0.1) is 11.3 Å². The molecule has 20 heavy (non-hydrogen) atoms. The summed E-state index contributed by atoms with van der Waals surface area (Å²) in [5, 5.41) is 20.0. The molecule has 2 heterocycles. The highest BCUT2D eigenvalue weighted by Gasteiger charge is 2.16. The van der Waals surface area contributed by atoms with Gasteiger partial charge in [0, 0.05) is 11.9 Å². The number of aromatic nitrogens is 1. The van der Waals surface area contributed by atoms with E-state index in [9.17, 15) is 9.59 Å². The minimum absolute atomic E-state index is 0.163. The molecule has 0 saturated carbocycles. The summed E-state index contributed by atoms with van der Waals surface area (Å²) in [6.45, 7) is -0.532. The molecule has 0 bridgehead atoms. The van der Waals surface area contributed by atoms with Crippen LogP contribution >= 0.6 is 11.3 Å². The summed E-state index contributed by atoms with van der Waals surface area (Å²) in [4.78, 5) is 27.0. The molecule has 0 aliphatic rings. The zero-order valence-electron chi connectivity index (χ0n) is 10.4. The Balaban J connectivity index is 2.06. The number of hydrogen-bond acceptors (Lipinski definition) is 6. The van der Waals surface area contributed by atoms with E-state index >= 15 is 0 Å². The SMILES string of the molecule is O=C(O)CN(CC(=O)O)Cc1csc(-c2ccco2)n1. The molecular formula is C12H12N2O5S. The van der Waals surface area contributed by atoms with Crippen molar-refractivity contribution < 1.29 is 24.2 Å². The van der Waals surface area contributed by atoms with Gasteiger partial charge in [-0.1, -0.05) is 0 Å². The quantitative estimate of drug-likeness (QED) is 0.795. The standard InChI is InChI=1S/C12H12N2O5S/c15-10(16)5-14(6-11(17)18)4-8-7-20-12(13-8)9-2-1-3-19-9/h1-3,7H,4-6H2,(H,15,16)(H,17,18). The lowest BCUT2D eigenvalue weighted by Crippen LogP contribution is -2.34. The molecule has 0 amide bonds. The predicted molar refractivity (Wildman–Crippen MR) is 70.4 cm³/mol. The Bertz CT molecular complexity index is 577. The average Bonchev–Trinajstić information content (AvgIpc) is 2.95. The van der Waals surface area contributed by atoms with Crippen LogP contribution in [-0.2, 0) is 16.1 Å². The molecule has 2 N–H and O–H groups in total. The van der Waals surface area contributed by atoms with Crippen molar-refractivity contribution in [1.29, 1.82) is 0 Å². The Morgan fingerprint density at radius 3 is 2.55 bits per heavy atom. The highest BCUT2D eigenvalue weighted by Crippen LogP contribution is 2.24. The van der Waals surface area contributed by atoms with Gasteiger partial charge in [-0.3, -0.25) is 14.5 Å². The largest absolute Gasteiger partial charge is 0.480 e. The molecule has 0 aliphatic heterocycles. The van der Waals surface area contributed by atoms with Crippen molar-refractivity contribution in [2.45, 2.75) is 6.54 Å². The second-order valence-electron chi connectivity index (χ2n) is 4.05. The van der Waals surface area contributed by atoms with Gasteiger partial charge in [0.15, 0.2) is 10.8 Å². The van der Waals surface area contributed by atoms with Crippen LogP contribution in [0.25, 0.3) is 10.8 Å². The Morgan fingerprint density at radius 1 is 1.30 bits per heavy atom. The van der Waals surface area contributed by atoms with Crippen LogP contribution in [0.2, 0.25) is 0 Å². The summed E-state index contributed by atoms with van der Waals surface area (Å²) < 4.78 is 5.21. The maximum Gasteiger partial charge on any atom is 0.317 e. The highest BCUT2D eigenvalue weighted by molar-refractivity contribution is 7.13. The van der Waals surface area contributed by atoms with Gasteiger partial charge in [-0.2, -0.15) is 0 Å². The van der Waals surface area contributed by atoms with Crippen LogP contribution in [0.3, 0.4) is 0 Å². The second kappa shape index (κ2) is 6.31. The molecule has 2 aromatic heterocycles. The van der Waals surface area contributed by atoms with Crippen LogP contribution in [0.4, 0.5) is 0 Å². The fourth-order valence-corrected chi connectivity index (χ4v) is 2.45. The number of aliphatic carboxylic acids is 2. The Labute approximate surface area is 118 Å². The Hall–Kier alpha value is -2.19. The molecule has 0 aromatic carbocycles. The van der Waals surface area contributed by atoms with E-state index < -0.39 is 11.9 Å². The van der Waals surface area contributed by atoms with Gasteiger partial charge in [0.25, 0.3) is 0 Å². The van der Waals surface area contributed by atoms with E-state index in [0.29, 0.717) is 16.5 Å². The number of carbonyl (C=O) groups is 2. The van der Waals surface area contributed by atoms with Crippen LogP contribution in [0.15, 0.2) is 28.2 Å². The monoisotopic (exact) mass is 296 g/mol. The smallest absolute Gasteiger partial charge is 0.317 e.